The van der Waals surface area contributed by atoms with Crippen LogP contribution in [0.25, 0.3) is 0 Å². The molecule has 0 saturated carbocycles. The minimum atomic E-state index is -5.26. The number of sulfonamides is 1. The van der Waals surface area contributed by atoms with Crippen molar-refractivity contribution < 1.29 is 41.2 Å². The first kappa shape index (κ1) is 34.2. The molecule has 14 heteroatoms. The fourth-order valence-corrected chi connectivity index (χ4v) is 9.15. The Morgan fingerprint density at radius 2 is 1.82 bits per heavy atom. The Morgan fingerprint density at radius 3 is 2.50 bits per heavy atom. The van der Waals surface area contributed by atoms with Gasteiger partial charge in [0, 0.05) is 36.0 Å². The standard InChI is InChI=1S/C36H35N5O8S/c1-5-49-30-15-9-7-13-27(30)36(28-21-39-29-14-8-6-12-26(28)29)34(42)41(35(43)44,22-24(20-37)40(36)33-23(2)11-10-18-38-33)50(45,46)32-17-16-25(47-3)19-31(32)48-4/h6-19,24,28,39H,5,21-22H2,1-4H3/p+1. The average molecular weight is 699 g/mol. The molecule has 4 atom stereocenters. The van der Waals surface area contributed by atoms with Gasteiger partial charge in [0.1, 0.15) is 29.6 Å². The van der Waals surface area contributed by atoms with E-state index >= 15 is 13.2 Å². The highest BCUT2D eigenvalue weighted by molar-refractivity contribution is 7.86. The second kappa shape index (κ2) is 13.0. The zero-order chi connectivity index (χ0) is 35.8. The molecule has 13 nitrogen and oxygen atoms in total. The third-order valence-electron chi connectivity index (χ3n) is 9.44. The highest BCUT2D eigenvalue weighted by Crippen LogP contribution is 2.57. The summed E-state index contributed by atoms with van der Waals surface area (Å²) >= 11 is 0. The number of nitriles is 1. The van der Waals surface area contributed by atoms with E-state index in [0.717, 1.165) is 6.07 Å². The molecule has 1 fully saturated rings. The van der Waals surface area contributed by atoms with Crippen molar-refractivity contribution >= 4 is 33.5 Å². The molecule has 4 aromatic rings. The number of anilines is 2. The number of pyridine rings is 1. The molecule has 2 amide bonds. The topological polar surface area (TPSA) is 168 Å². The highest BCUT2D eigenvalue weighted by atomic mass is 32.2. The smallest absolute Gasteiger partial charge is 0.497 e. The SMILES string of the molecule is CCOc1ccccc1C1(C2CNc3ccccc32)C(=O)[N+](C(=O)O)(S(=O)(=O)c2ccc(OC)cc2OC)CC(C#N)N1c1ncccc1C. The summed E-state index contributed by atoms with van der Waals surface area (Å²) in [5.74, 6) is -1.74. The first-order valence-electron chi connectivity index (χ1n) is 15.8. The lowest BCUT2D eigenvalue weighted by Crippen LogP contribution is -2.79. The number of para-hydroxylation sites is 2. The number of benzene rings is 3. The summed E-state index contributed by atoms with van der Waals surface area (Å²) in [6.45, 7) is 2.80. The minimum Gasteiger partial charge on any atom is -0.497 e. The summed E-state index contributed by atoms with van der Waals surface area (Å²) in [6.07, 6.45) is -0.475. The number of amides is 2. The number of ether oxygens (including phenoxy) is 3. The van der Waals surface area contributed by atoms with E-state index in [2.05, 4.69) is 16.4 Å². The Labute approximate surface area is 289 Å². The molecule has 258 valence electrons. The fourth-order valence-electron chi connectivity index (χ4n) is 7.28. The van der Waals surface area contributed by atoms with Crippen molar-refractivity contribution in [1.82, 2.24) is 4.98 Å². The van der Waals surface area contributed by atoms with Gasteiger partial charge < -0.3 is 29.5 Å². The van der Waals surface area contributed by atoms with Gasteiger partial charge in [-0.05, 0) is 59.2 Å². The third kappa shape index (κ3) is 4.84. The van der Waals surface area contributed by atoms with Gasteiger partial charge in [-0.25, -0.2) is 9.78 Å². The second-order valence-electron chi connectivity index (χ2n) is 11.9. The van der Waals surface area contributed by atoms with Crippen molar-refractivity contribution in [3.8, 4) is 23.3 Å². The summed E-state index contributed by atoms with van der Waals surface area (Å²) in [7, 11) is -2.65. The van der Waals surface area contributed by atoms with E-state index in [-0.39, 0.29) is 41.8 Å². The summed E-state index contributed by atoms with van der Waals surface area (Å²) < 4.78 is 45.0. The molecular formula is C36H36N5O8S+. The Hall–Kier alpha value is -5.65. The highest BCUT2D eigenvalue weighted by Gasteiger charge is 2.75. The van der Waals surface area contributed by atoms with E-state index in [0.29, 0.717) is 16.8 Å². The number of carboxylic acid groups (broad SMARTS) is 1. The van der Waals surface area contributed by atoms with Crippen molar-refractivity contribution in [2.75, 3.05) is 44.1 Å². The molecule has 0 bridgehead atoms. The lowest BCUT2D eigenvalue weighted by molar-refractivity contribution is -0.660. The summed E-state index contributed by atoms with van der Waals surface area (Å²) in [5.41, 5.74) is -0.168. The van der Waals surface area contributed by atoms with Crippen LogP contribution in [0.3, 0.4) is 0 Å². The molecule has 1 aromatic heterocycles. The van der Waals surface area contributed by atoms with Crippen LogP contribution in [0.1, 0.15) is 29.5 Å². The molecule has 0 aliphatic carbocycles. The van der Waals surface area contributed by atoms with E-state index in [4.69, 9.17) is 14.2 Å². The number of hydrogen-bond donors (Lipinski definition) is 2. The molecule has 3 aromatic carbocycles. The molecule has 0 radical (unpaired) electrons. The van der Waals surface area contributed by atoms with Gasteiger partial charge in [-0.3, -0.25) is 0 Å². The number of methoxy groups -OCH3 is 2. The number of rotatable bonds is 9. The number of imide groups is 1. The molecule has 2 N–H and O–H groups in total. The number of aryl methyl sites for hydroxylation is 1. The molecule has 0 spiro atoms. The average Bonchev–Trinajstić information content (AvgIpc) is 3.56. The van der Waals surface area contributed by atoms with Crippen LogP contribution in [0.4, 0.5) is 16.3 Å². The van der Waals surface area contributed by atoms with Gasteiger partial charge in [0.05, 0.1) is 26.9 Å². The van der Waals surface area contributed by atoms with E-state index < -0.39 is 54.9 Å². The van der Waals surface area contributed by atoms with Crippen LogP contribution >= 0.6 is 0 Å². The predicted octanol–water partition coefficient (Wildman–Crippen LogP) is 5.03. The zero-order valence-electron chi connectivity index (χ0n) is 27.9. The molecule has 2 aliphatic rings. The molecule has 6 rings (SSSR count). The van der Waals surface area contributed by atoms with E-state index in [1.54, 1.807) is 62.4 Å². The van der Waals surface area contributed by atoms with Crippen LogP contribution in [-0.2, 0) is 20.4 Å². The van der Waals surface area contributed by atoms with Crippen molar-refractivity contribution in [1.29, 1.82) is 5.26 Å². The third-order valence-corrected chi connectivity index (χ3v) is 11.6. The number of carbonyl (C=O) groups excluding carboxylic acids is 1. The first-order chi connectivity index (χ1) is 24.0. The van der Waals surface area contributed by atoms with Crippen molar-refractivity contribution in [2.45, 2.75) is 36.2 Å². The number of piperazine rings is 1. The van der Waals surface area contributed by atoms with Gasteiger partial charge in [-0.1, -0.05) is 42.5 Å². The largest absolute Gasteiger partial charge is 0.537 e. The minimum absolute atomic E-state index is 0.0810. The predicted molar refractivity (Wildman–Crippen MR) is 183 cm³/mol. The Kier molecular flexibility index (Phi) is 8.89. The molecule has 50 heavy (non-hydrogen) atoms. The number of nitrogens with one attached hydrogen (secondary N) is 1. The number of carbonyl (C=O) groups is 2. The van der Waals surface area contributed by atoms with E-state index in [1.165, 1.54) is 37.4 Å². The van der Waals surface area contributed by atoms with Gasteiger partial charge in [0.25, 0.3) is 0 Å². The van der Waals surface area contributed by atoms with Gasteiger partial charge in [0.15, 0.2) is 16.5 Å². The number of aromatic nitrogens is 1. The first-order valence-corrected chi connectivity index (χ1v) is 17.3. The molecular weight excluding hydrogens is 662 g/mol. The Balaban J connectivity index is 1.81. The molecule has 4 unspecified atom stereocenters. The molecule has 2 aliphatic heterocycles. The Bertz CT molecular complexity index is 2140. The van der Waals surface area contributed by atoms with Gasteiger partial charge in [-0.2, -0.15) is 18.5 Å². The number of fused-ring (bicyclic) bond motifs is 1. The van der Waals surface area contributed by atoms with Crippen LogP contribution in [-0.4, -0.2) is 74.4 Å². The van der Waals surface area contributed by atoms with Crippen LogP contribution < -0.4 is 24.4 Å². The molecule has 1 saturated heterocycles. The maximum Gasteiger partial charge on any atom is 0.537 e. The second-order valence-corrected chi connectivity index (χ2v) is 13.9. The van der Waals surface area contributed by atoms with E-state index in [1.807, 2.05) is 12.1 Å². The van der Waals surface area contributed by atoms with Gasteiger partial charge in [-0.15, -0.1) is 0 Å². The van der Waals surface area contributed by atoms with Crippen LogP contribution in [0.15, 0.2) is 90.0 Å². The number of quaternary nitrogens is 1. The summed E-state index contributed by atoms with van der Waals surface area (Å²) in [5, 5.41) is 25.6. The summed E-state index contributed by atoms with van der Waals surface area (Å²) in [4.78, 5) is 35.6. The molecule has 3 heterocycles. The number of hydrogen-bond acceptors (Lipinski definition) is 11. The van der Waals surface area contributed by atoms with Crippen molar-refractivity contribution in [3.05, 3.63) is 102 Å². The quantitative estimate of drug-likeness (QED) is 0.224. The van der Waals surface area contributed by atoms with Crippen LogP contribution in [0.2, 0.25) is 0 Å². The van der Waals surface area contributed by atoms with Crippen molar-refractivity contribution in [2.24, 2.45) is 0 Å². The maximum atomic E-state index is 16.1. The summed E-state index contributed by atoms with van der Waals surface area (Å²) in [6, 6.07) is 21.7. The van der Waals surface area contributed by atoms with Crippen LogP contribution in [0.5, 0.6) is 17.2 Å². The lowest BCUT2D eigenvalue weighted by atomic mass is 9.70. The lowest BCUT2D eigenvalue weighted by Gasteiger charge is -2.54. The van der Waals surface area contributed by atoms with E-state index in [9.17, 15) is 15.2 Å². The fraction of sp³-hybridized carbons (Fsp3) is 0.278. The van der Waals surface area contributed by atoms with Gasteiger partial charge >= 0.3 is 22.0 Å². The number of nitrogens with zero attached hydrogens (tertiary/aromatic N) is 4. The van der Waals surface area contributed by atoms with Crippen molar-refractivity contribution in [3.63, 3.8) is 0 Å². The van der Waals surface area contributed by atoms with Crippen LogP contribution in [0, 0.1) is 18.3 Å². The normalized spacial score (nSPS) is 22.9. The zero-order valence-corrected chi connectivity index (χ0v) is 28.7. The van der Waals surface area contributed by atoms with Gasteiger partial charge in [0.2, 0.25) is 0 Å². The maximum absolute atomic E-state index is 16.1. The Morgan fingerprint density at radius 1 is 1.08 bits per heavy atom. The monoisotopic (exact) mass is 698 g/mol.